The SMILES string of the molecule is CCCCOc1ccc(Nc2ncnc(N3CCC(Cc4ccccc4)CC3)c2N)cc1. The molecule has 0 bridgehead atoms. The van der Waals surface area contributed by atoms with Crippen molar-refractivity contribution in [2.75, 3.05) is 35.6 Å². The molecule has 2 aromatic carbocycles. The third-order valence-electron chi connectivity index (χ3n) is 6.03. The van der Waals surface area contributed by atoms with Gasteiger partial charge < -0.3 is 20.7 Å². The molecule has 0 radical (unpaired) electrons. The molecule has 0 atom stereocenters. The standard InChI is InChI=1S/C26H33N5O/c1-2-3-17-32-23-11-9-22(10-12-23)30-25-24(27)26(29-19-28-25)31-15-13-21(14-16-31)18-20-7-5-4-6-8-20/h4-12,19,21H,2-3,13-18,27H2,1H3,(H,28,29,30). The van der Waals surface area contributed by atoms with Crippen molar-refractivity contribution in [2.45, 2.75) is 39.0 Å². The molecule has 0 spiro atoms. The van der Waals surface area contributed by atoms with E-state index in [-0.39, 0.29) is 0 Å². The van der Waals surface area contributed by atoms with Gasteiger partial charge in [0.25, 0.3) is 0 Å². The van der Waals surface area contributed by atoms with Crippen molar-refractivity contribution in [2.24, 2.45) is 5.92 Å². The van der Waals surface area contributed by atoms with Crippen LogP contribution in [-0.2, 0) is 6.42 Å². The van der Waals surface area contributed by atoms with Crippen molar-refractivity contribution in [3.05, 3.63) is 66.5 Å². The highest BCUT2D eigenvalue weighted by Gasteiger charge is 2.23. The third kappa shape index (κ3) is 5.69. The molecule has 1 aromatic heterocycles. The highest BCUT2D eigenvalue weighted by atomic mass is 16.5. The highest BCUT2D eigenvalue weighted by molar-refractivity contribution is 5.78. The molecular weight excluding hydrogens is 398 g/mol. The van der Waals surface area contributed by atoms with Crippen LogP contribution in [0, 0.1) is 5.92 Å². The summed E-state index contributed by atoms with van der Waals surface area (Å²) in [6.45, 7) is 4.82. The van der Waals surface area contributed by atoms with Gasteiger partial charge >= 0.3 is 0 Å². The maximum absolute atomic E-state index is 6.48. The second kappa shape index (κ2) is 10.8. The molecule has 0 saturated carbocycles. The van der Waals surface area contributed by atoms with E-state index in [1.165, 1.54) is 5.56 Å². The number of ether oxygens (including phenoxy) is 1. The smallest absolute Gasteiger partial charge is 0.159 e. The van der Waals surface area contributed by atoms with Gasteiger partial charge in [0.05, 0.1) is 6.61 Å². The number of anilines is 4. The molecule has 0 amide bonds. The second-order valence-electron chi connectivity index (χ2n) is 8.43. The number of unbranched alkanes of at least 4 members (excludes halogenated alkanes) is 1. The number of hydrogen-bond acceptors (Lipinski definition) is 6. The Balaban J connectivity index is 1.35. The Morgan fingerprint density at radius 1 is 1.03 bits per heavy atom. The molecule has 6 nitrogen and oxygen atoms in total. The molecule has 3 aromatic rings. The van der Waals surface area contributed by atoms with Crippen molar-refractivity contribution in [1.82, 2.24) is 9.97 Å². The monoisotopic (exact) mass is 431 g/mol. The number of aromatic nitrogens is 2. The van der Waals surface area contributed by atoms with Gasteiger partial charge in [0, 0.05) is 18.8 Å². The summed E-state index contributed by atoms with van der Waals surface area (Å²) in [5.41, 5.74) is 9.41. The Morgan fingerprint density at radius 2 is 1.78 bits per heavy atom. The normalized spacial score (nSPS) is 14.3. The molecule has 1 aliphatic heterocycles. The number of benzene rings is 2. The lowest BCUT2D eigenvalue weighted by Gasteiger charge is -2.33. The second-order valence-corrected chi connectivity index (χ2v) is 8.43. The predicted octanol–water partition coefficient (Wildman–Crippen LogP) is 5.44. The molecule has 2 heterocycles. The average molecular weight is 432 g/mol. The summed E-state index contributed by atoms with van der Waals surface area (Å²) >= 11 is 0. The van der Waals surface area contributed by atoms with E-state index < -0.39 is 0 Å². The van der Waals surface area contributed by atoms with E-state index in [2.05, 4.69) is 57.4 Å². The highest BCUT2D eigenvalue weighted by Crippen LogP contribution is 2.32. The zero-order chi connectivity index (χ0) is 22.2. The lowest BCUT2D eigenvalue weighted by atomic mass is 9.90. The summed E-state index contributed by atoms with van der Waals surface area (Å²) in [4.78, 5) is 11.2. The van der Waals surface area contributed by atoms with E-state index in [4.69, 9.17) is 10.5 Å². The summed E-state index contributed by atoms with van der Waals surface area (Å²) in [5.74, 6) is 3.03. The maximum Gasteiger partial charge on any atom is 0.159 e. The fourth-order valence-electron chi connectivity index (χ4n) is 4.14. The van der Waals surface area contributed by atoms with Gasteiger partial charge in [-0.2, -0.15) is 0 Å². The maximum atomic E-state index is 6.48. The van der Waals surface area contributed by atoms with Crippen LogP contribution in [0.3, 0.4) is 0 Å². The lowest BCUT2D eigenvalue weighted by molar-refractivity contribution is 0.309. The first-order chi connectivity index (χ1) is 15.7. The van der Waals surface area contributed by atoms with Gasteiger partial charge in [-0.25, -0.2) is 9.97 Å². The van der Waals surface area contributed by atoms with Crippen LogP contribution in [0.5, 0.6) is 5.75 Å². The van der Waals surface area contributed by atoms with Crippen molar-refractivity contribution in [3.63, 3.8) is 0 Å². The molecule has 6 heteroatoms. The summed E-state index contributed by atoms with van der Waals surface area (Å²) in [6, 6.07) is 18.6. The lowest BCUT2D eigenvalue weighted by Crippen LogP contribution is -2.35. The quantitative estimate of drug-likeness (QED) is 0.439. The first-order valence-electron chi connectivity index (χ1n) is 11.6. The van der Waals surface area contributed by atoms with Gasteiger partial charge in [0.2, 0.25) is 0 Å². The zero-order valence-electron chi connectivity index (χ0n) is 18.8. The topological polar surface area (TPSA) is 76.3 Å². The van der Waals surface area contributed by atoms with Crippen molar-refractivity contribution >= 4 is 23.0 Å². The first-order valence-corrected chi connectivity index (χ1v) is 11.6. The molecule has 1 fully saturated rings. The third-order valence-corrected chi connectivity index (χ3v) is 6.03. The Hall–Kier alpha value is -3.28. The Bertz CT molecular complexity index is 969. The summed E-state index contributed by atoms with van der Waals surface area (Å²) in [7, 11) is 0. The summed E-state index contributed by atoms with van der Waals surface area (Å²) in [6.07, 6.45) is 7.19. The van der Waals surface area contributed by atoms with Crippen molar-refractivity contribution < 1.29 is 4.74 Å². The van der Waals surface area contributed by atoms with E-state index in [0.29, 0.717) is 17.4 Å². The van der Waals surface area contributed by atoms with Crippen LogP contribution in [0.15, 0.2) is 60.9 Å². The van der Waals surface area contributed by atoms with Crippen LogP contribution >= 0.6 is 0 Å². The van der Waals surface area contributed by atoms with Gasteiger partial charge in [0.1, 0.15) is 17.8 Å². The van der Waals surface area contributed by atoms with E-state index in [1.807, 2.05) is 24.3 Å². The van der Waals surface area contributed by atoms with Crippen LogP contribution in [0.1, 0.15) is 38.2 Å². The van der Waals surface area contributed by atoms with Crippen LogP contribution < -0.4 is 20.7 Å². The minimum absolute atomic E-state index is 0.595. The van der Waals surface area contributed by atoms with Gasteiger partial charge in [-0.3, -0.25) is 0 Å². The molecule has 1 saturated heterocycles. The Kier molecular flexibility index (Phi) is 7.43. The summed E-state index contributed by atoms with van der Waals surface area (Å²) in [5, 5.41) is 3.33. The van der Waals surface area contributed by atoms with E-state index in [1.54, 1.807) is 6.33 Å². The number of piperidine rings is 1. The van der Waals surface area contributed by atoms with Crippen LogP contribution in [0.4, 0.5) is 23.0 Å². The van der Waals surface area contributed by atoms with Crippen LogP contribution in [-0.4, -0.2) is 29.7 Å². The number of nitrogens with two attached hydrogens (primary N) is 1. The number of nitrogens with one attached hydrogen (secondary N) is 1. The van der Waals surface area contributed by atoms with Crippen molar-refractivity contribution in [3.8, 4) is 5.75 Å². The number of rotatable bonds is 9. The van der Waals surface area contributed by atoms with E-state index >= 15 is 0 Å². The molecule has 0 aliphatic carbocycles. The average Bonchev–Trinajstić information content (AvgIpc) is 2.83. The minimum Gasteiger partial charge on any atom is -0.494 e. The zero-order valence-corrected chi connectivity index (χ0v) is 18.8. The Morgan fingerprint density at radius 3 is 2.50 bits per heavy atom. The molecule has 3 N–H and O–H groups in total. The first kappa shape index (κ1) is 21.9. The fourth-order valence-corrected chi connectivity index (χ4v) is 4.14. The van der Waals surface area contributed by atoms with Gasteiger partial charge in [-0.05, 0) is 61.4 Å². The van der Waals surface area contributed by atoms with E-state index in [0.717, 1.165) is 69.1 Å². The van der Waals surface area contributed by atoms with Gasteiger partial charge in [0.15, 0.2) is 11.6 Å². The molecule has 32 heavy (non-hydrogen) atoms. The number of nitrogen functional groups attached to an aromatic ring is 1. The minimum atomic E-state index is 0.595. The van der Waals surface area contributed by atoms with Gasteiger partial charge in [-0.15, -0.1) is 0 Å². The predicted molar refractivity (Wildman–Crippen MR) is 132 cm³/mol. The molecule has 168 valence electrons. The van der Waals surface area contributed by atoms with E-state index in [9.17, 15) is 0 Å². The number of hydrogen-bond donors (Lipinski definition) is 2. The molecule has 4 rings (SSSR count). The molecule has 0 unspecified atom stereocenters. The largest absolute Gasteiger partial charge is 0.494 e. The molecular formula is C26H33N5O. The molecule has 1 aliphatic rings. The van der Waals surface area contributed by atoms with Crippen LogP contribution in [0.2, 0.25) is 0 Å². The van der Waals surface area contributed by atoms with Crippen molar-refractivity contribution in [1.29, 1.82) is 0 Å². The summed E-state index contributed by atoms with van der Waals surface area (Å²) < 4.78 is 5.74. The Labute approximate surface area is 190 Å². The number of nitrogens with zero attached hydrogens (tertiary/aromatic N) is 3. The fraction of sp³-hybridized carbons (Fsp3) is 0.385. The van der Waals surface area contributed by atoms with Gasteiger partial charge in [-0.1, -0.05) is 43.7 Å². The van der Waals surface area contributed by atoms with Crippen LogP contribution in [0.25, 0.3) is 0 Å².